The number of nitrogens with one attached hydrogen (secondary N) is 1. The summed E-state index contributed by atoms with van der Waals surface area (Å²) in [6.45, 7) is 4.60. The van der Waals surface area contributed by atoms with Crippen molar-refractivity contribution in [2.45, 2.75) is 20.0 Å². The van der Waals surface area contributed by atoms with Gasteiger partial charge in [0.15, 0.2) is 0 Å². The maximum Gasteiger partial charge on any atom is 0.255 e. The predicted octanol–water partition coefficient (Wildman–Crippen LogP) is 1.69. The summed E-state index contributed by atoms with van der Waals surface area (Å²) >= 11 is 0. The Balaban J connectivity index is 2.58. The second-order valence-corrected chi connectivity index (χ2v) is 3.64. The van der Waals surface area contributed by atoms with E-state index in [1.165, 1.54) is 6.07 Å². The van der Waals surface area contributed by atoms with Crippen molar-refractivity contribution in [1.29, 1.82) is 0 Å². The molecule has 0 bridgehead atoms. The van der Waals surface area contributed by atoms with E-state index in [1.54, 1.807) is 0 Å². The quantitative estimate of drug-likeness (QED) is 0.824. The predicted molar refractivity (Wildman–Crippen MR) is 61.5 cm³/mol. The number of rotatable bonds is 5. The highest BCUT2D eigenvalue weighted by Crippen LogP contribution is 2.17. The minimum atomic E-state index is -0.582. The molecule has 17 heavy (non-hydrogen) atoms. The van der Waals surface area contributed by atoms with E-state index < -0.39 is 11.7 Å². The Bertz CT molecular complexity index is 395. The Labute approximate surface area is 99.4 Å². The fourth-order valence-electron chi connectivity index (χ4n) is 1.37. The number of hydrogen-bond acceptors (Lipinski definition) is 3. The summed E-state index contributed by atoms with van der Waals surface area (Å²) in [6.07, 6.45) is -0.105. The molecule has 0 aliphatic rings. The largest absolute Gasteiger partial charge is 0.507 e. The molecule has 5 heteroatoms. The molecule has 1 aromatic rings. The lowest BCUT2D eigenvalue weighted by Crippen LogP contribution is -2.32. The monoisotopic (exact) mass is 241 g/mol. The third-order valence-corrected chi connectivity index (χ3v) is 2.21. The van der Waals surface area contributed by atoms with Crippen LogP contribution in [0.5, 0.6) is 5.75 Å². The Morgan fingerprint density at radius 3 is 2.88 bits per heavy atom. The average Bonchev–Trinajstić information content (AvgIpc) is 2.26. The summed E-state index contributed by atoms with van der Waals surface area (Å²) in [5.41, 5.74) is 0.0510. The summed E-state index contributed by atoms with van der Waals surface area (Å²) < 4.78 is 18.0. The SMILES string of the molecule is CCOC(C)CNC(=O)c1ccc(F)cc1O. The first-order chi connectivity index (χ1) is 8.04. The van der Waals surface area contributed by atoms with Gasteiger partial charge in [-0.1, -0.05) is 0 Å². The lowest BCUT2D eigenvalue weighted by atomic mass is 10.2. The Hall–Kier alpha value is -1.62. The molecule has 1 atom stereocenters. The van der Waals surface area contributed by atoms with Gasteiger partial charge in [0, 0.05) is 19.2 Å². The molecular formula is C12H16FNO3. The summed E-state index contributed by atoms with van der Waals surface area (Å²) in [5, 5.41) is 12.0. The molecule has 0 aliphatic heterocycles. The molecule has 1 amide bonds. The summed E-state index contributed by atoms with van der Waals surface area (Å²) in [5.74, 6) is -1.40. The number of ether oxygens (including phenoxy) is 1. The third kappa shape index (κ3) is 4.03. The van der Waals surface area contributed by atoms with Gasteiger partial charge in [-0.15, -0.1) is 0 Å². The van der Waals surface area contributed by atoms with Gasteiger partial charge in [-0.05, 0) is 26.0 Å². The van der Waals surface area contributed by atoms with Crippen LogP contribution >= 0.6 is 0 Å². The first kappa shape index (κ1) is 13.4. The van der Waals surface area contributed by atoms with Crippen LogP contribution in [0, 0.1) is 5.82 Å². The number of carbonyl (C=O) groups excluding carboxylic acids is 1. The van der Waals surface area contributed by atoms with Crippen molar-refractivity contribution in [3.63, 3.8) is 0 Å². The summed E-state index contributed by atoms with van der Waals surface area (Å²) in [4.78, 5) is 11.6. The fourth-order valence-corrected chi connectivity index (χ4v) is 1.37. The first-order valence-electron chi connectivity index (χ1n) is 5.43. The topological polar surface area (TPSA) is 58.6 Å². The maximum atomic E-state index is 12.7. The lowest BCUT2D eigenvalue weighted by molar-refractivity contribution is 0.0694. The Morgan fingerprint density at radius 2 is 2.29 bits per heavy atom. The summed E-state index contributed by atoms with van der Waals surface area (Å²) in [7, 11) is 0. The minimum absolute atomic E-state index is 0.0510. The molecule has 0 radical (unpaired) electrons. The average molecular weight is 241 g/mol. The van der Waals surface area contributed by atoms with Crippen LogP contribution in [0.4, 0.5) is 4.39 Å². The van der Waals surface area contributed by atoms with Gasteiger partial charge >= 0.3 is 0 Å². The number of amides is 1. The zero-order valence-electron chi connectivity index (χ0n) is 9.87. The molecule has 0 heterocycles. The van der Waals surface area contributed by atoms with E-state index in [9.17, 15) is 14.3 Å². The number of hydrogen-bond donors (Lipinski definition) is 2. The second kappa shape index (κ2) is 6.20. The van der Waals surface area contributed by atoms with Crippen LogP contribution in [0.3, 0.4) is 0 Å². The highest BCUT2D eigenvalue weighted by Gasteiger charge is 2.12. The minimum Gasteiger partial charge on any atom is -0.507 e. The van der Waals surface area contributed by atoms with Gasteiger partial charge < -0.3 is 15.2 Å². The molecule has 0 aliphatic carbocycles. The number of aromatic hydroxyl groups is 1. The van der Waals surface area contributed by atoms with Crippen LogP contribution in [0.25, 0.3) is 0 Å². The van der Waals surface area contributed by atoms with Crippen LogP contribution in [-0.2, 0) is 4.74 Å². The van der Waals surface area contributed by atoms with Crippen molar-refractivity contribution in [2.24, 2.45) is 0 Å². The van der Waals surface area contributed by atoms with Crippen molar-refractivity contribution < 1.29 is 19.0 Å². The Morgan fingerprint density at radius 1 is 1.59 bits per heavy atom. The molecule has 0 spiro atoms. The highest BCUT2D eigenvalue weighted by molar-refractivity contribution is 5.96. The molecule has 0 fully saturated rings. The van der Waals surface area contributed by atoms with Crippen molar-refractivity contribution in [1.82, 2.24) is 5.32 Å². The van der Waals surface area contributed by atoms with E-state index in [-0.39, 0.29) is 17.4 Å². The van der Waals surface area contributed by atoms with E-state index in [0.717, 1.165) is 12.1 Å². The smallest absolute Gasteiger partial charge is 0.255 e. The normalized spacial score (nSPS) is 12.2. The van der Waals surface area contributed by atoms with Crippen LogP contribution in [0.2, 0.25) is 0 Å². The second-order valence-electron chi connectivity index (χ2n) is 3.64. The fraction of sp³-hybridized carbons (Fsp3) is 0.417. The van der Waals surface area contributed by atoms with Crippen LogP contribution in [0.15, 0.2) is 18.2 Å². The number of halogens is 1. The van der Waals surface area contributed by atoms with Crippen LogP contribution in [-0.4, -0.2) is 30.3 Å². The molecule has 0 saturated carbocycles. The molecule has 1 aromatic carbocycles. The van der Waals surface area contributed by atoms with Crippen LogP contribution in [0.1, 0.15) is 24.2 Å². The number of phenols is 1. The molecule has 2 N–H and O–H groups in total. The van der Waals surface area contributed by atoms with Gasteiger partial charge in [-0.2, -0.15) is 0 Å². The van der Waals surface area contributed by atoms with Gasteiger partial charge in [0.2, 0.25) is 0 Å². The van der Waals surface area contributed by atoms with Gasteiger partial charge in [0.25, 0.3) is 5.91 Å². The number of phenolic OH excluding ortho intramolecular Hbond substituents is 1. The van der Waals surface area contributed by atoms with E-state index in [0.29, 0.717) is 13.2 Å². The first-order valence-corrected chi connectivity index (χ1v) is 5.43. The molecule has 94 valence electrons. The van der Waals surface area contributed by atoms with Gasteiger partial charge in [-0.25, -0.2) is 4.39 Å². The summed E-state index contributed by atoms with van der Waals surface area (Å²) in [6, 6.07) is 3.27. The van der Waals surface area contributed by atoms with Crippen molar-refractivity contribution in [3.05, 3.63) is 29.6 Å². The van der Waals surface area contributed by atoms with Gasteiger partial charge in [0.05, 0.1) is 11.7 Å². The number of carbonyl (C=O) groups is 1. The van der Waals surface area contributed by atoms with Crippen molar-refractivity contribution >= 4 is 5.91 Å². The van der Waals surface area contributed by atoms with E-state index in [4.69, 9.17) is 4.74 Å². The van der Waals surface area contributed by atoms with E-state index in [1.807, 2.05) is 13.8 Å². The number of benzene rings is 1. The van der Waals surface area contributed by atoms with E-state index in [2.05, 4.69) is 5.32 Å². The standard InChI is InChI=1S/C12H16FNO3/c1-3-17-8(2)7-14-12(16)10-5-4-9(13)6-11(10)15/h4-6,8,15H,3,7H2,1-2H3,(H,14,16). The zero-order valence-corrected chi connectivity index (χ0v) is 9.87. The highest BCUT2D eigenvalue weighted by atomic mass is 19.1. The molecule has 1 unspecified atom stereocenters. The third-order valence-electron chi connectivity index (χ3n) is 2.21. The molecule has 4 nitrogen and oxygen atoms in total. The van der Waals surface area contributed by atoms with E-state index >= 15 is 0 Å². The van der Waals surface area contributed by atoms with Gasteiger partial charge in [0.1, 0.15) is 11.6 Å². The molecular weight excluding hydrogens is 225 g/mol. The molecule has 0 aromatic heterocycles. The molecule has 0 saturated heterocycles. The maximum absolute atomic E-state index is 12.7. The Kier molecular flexibility index (Phi) is 4.90. The van der Waals surface area contributed by atoms with Crippen molar-refractivity contribution in [2.75, 3.05) is 13.2 Å². The van der Waals surface area contributed by atoms with Crippen molar-refractivity contribution in [3.8, 4) is 5.75 Å². The van der Waals surface area contributed by atoms with Gasteiger partial charge in [-0.3, -0.25) is 4.79 Å². The molecule has 1 rings (SSSR count). The van der Waals surface area contributed by atoms with Crippen LogP contribution < -0.4 is 5.32 Å². The zero-order chi connectivity index (χ0) is 12.8. The lowest BCUT2D eigenvalue weighted by Gasteiger charge is -2.13.